The number of hydrogen-bond donors (Lipinski definition) is 0. The van der Waals surface area contributed by atoms with Gasteiger partial charge in [-0.2, -0.15) is 5.26 Å². The molecule has 0 aliphatic heterocycles. The molecule has 0 fully saturated rings. The number of rotatable bonds is 5. The second-order valence-corrected chi connectivity index (χ2v) is 6.02. The van der Waals surface area contributed by atoms with Crippen LogP contribution in [0, 0.1) is 11.3 Å². The first kappa shape index (κ1) is 17.6. The van der Waals surface area contributed by atoms with Crippen LogP contribution in [0.15, 0.2) is 18.2 Å². The molecule has 8 heteroatoms. The summed E-state index contributed by atoms with van der Waals surface area (Å²) in [6, 6.07) is 6.56. The number of nitrogens with zero attached hydrogens (tertiary/aromatic N) is 3. The van der Waals surface area contributed by atoms with Crippen molar-refractivity contribution in [1.29, 1.82) is 5.26 Å². The molecule has 120 valence electrons. The molecule has 0 saturated heterocycles. The monoisotopic (exact) mass is 371 g/mol. The van der Waals surface area contributed by atoms with Crippen LogP contribution in [0.1, 0.15) is 25.3 Å². The van der Waals surface area contributed by atoms with E-state index < -0.39 is 0 Å². The molecule has 5 nitrogen and oxygen atoms in total. The van der Waals surface area contributed by atoms with Crippen molar-refractivity contribution >= 4 is 34.8 Å². The molecule has 1 aromatic carbocycles. The van der Waals surface area contributed by atoms with E-state index in [1.54, 1.807) is 6.07 Å². The summed E-state index contributed by atoms with van der Waals surface area (Å²) in [4.78, 5) is 0. The zero-order chi connectivity index (χ0) is 17.0. The SMILES string of the molecule is CC(C)c1cc(Oc2c(Cl)cc(OCC#N)cc2Cl)nnc1Cl. The molecule has 0 unspecified atom stereocenters. The lowest BCUT2D eigenvalue weighted by molar-refractivity contribution is 0.367. The van der Waals surface area contributed by atoms with Gasteiger partial charge in [0, 0.05) is 18.2 Å². The lowest BCUT2D eigenvalue weighted by Crippen LogP contribution is -1.98. The predicted molar refractivity (Wildman–Crippen MR) is 88.8 cm³/mol. The van der Waals surface area contributed by atoms with Gasteiger partial charge in [0.25, 0.3) is 0 Å². The number of ether oxygens (including phenoxy) is 2. The molecule has 0 atom stereocenters. The van der Waals surface area contributed by atoms with E-state index in [0.717, 1.165) is 5.56 Å². The third-order valence-corrected chi connectivity index (χ3v) is 3.71. The zero-order valence-corrected chi connectivity index (χ0v) is 14.6. The molecular weight excluding hydrogens is 361 g/mol. The molecular formula is C15H12Cl3N3O2. The lowest BCUT2D eigenvalue weighted by Gasteiger charge is -2.12. The predicted octanol–water partition coefficient (Wildman–Crippen LogP) is 5.25. The maximum Gasteiger partial charge on any atom is 0.239 e. The van der Waals surface area contributed by atoms with Crippen LogP contribution < -0.4 is 9.47 Å². The van der Waals surface area contributed by atoms with E-state index in [2.05, 4.69) is 10.2 Å². The Morgan fingerprint density at radius 1 is 1.13 bits per heavy atom. The first-order valence-electron chi connectivity index (χ1n) is 6.62. The van der Waals surface area contributed by atoms with Crippen LogP contribution in [0.3, 0.4) is 0 Å². The normalized spacial score (nSPS) is 10.5. The molecule has 0 radical (unpaired) electrons. The highest BCUT2D eigenvalue weighted by molar-refractivity contribution is 6.37. The van der Waals surface area contributed by atoms with Gasteiger partial charge in [0.1, 0.15) is 11.8 Å². The summed E-state index contributed by atoms with van der Waals surface area (Å²) in [5, 5.41) is 17.0. The highest BCUT2D eigenvalue weighted by Crippen LogP contribution is 2.39. The number of hydrogen-bond acceptors (Lipinski definition) is 5. The maximum absolute atomic E-state index is 8.52. The third kappa shape index (κ3) is 4.38. The molecule has 23 heavy (non-hydrogen) atoms. The zero-order valence-electron chi connectivity index (χ0n) is 12.3. The molecule has 0 aliphatic rings. The summed E-state index contributed by atoms with van der Waals surface area (Å²) in [6.07, 6.45) is 0. The Labute approximate surface area is 148 Å². The minimum absolute atomic E-state index is 0.104. The molecule has 0 spiro atoms. The van der Waals surface area contributed by atoms with Gasteiger partial charge in [-0.05, 0) is 11.5 Å². The van der Waals surface area contributed by atoms with Crippen molar-refractivity contribution in [2.45, 2.75) is 19.8 Å². The Morgan fingerprint density at radius 3 is 2.35 bits per heavy atom. The van der Waals surface area contributed by atoms with Crippen molar-refractivity contribution < 1.29 is 9.47 Å². The Kier molecular flexibility index (Phi) is 5.89. The van der Waals surface area contributed by atoms with Gasteiger partial charge in [-0.1, -0.05) is 48.7 Å². The Hall–Kier alpha value is -1.74. The molecule has 2 rings (SSSR count). The van der Waals surface area contributed by atoms with Crippen LogP contribution in [0.5, 0.6) is 17.4 Å². The van der Waals surface area contributed by atoms with Crippen LogP contribution in [-0.4, -0.2) is 16.8 Å². The van der Waals surface area contributed by atoms with Crippen molar-refractivity contribution in [3.05, 3.63) is 39.0 Å². The Bertz CT molecular complexity index is 737. The van der Waals surface area contributed by atoms with E-state index >= 15 is 0 Å². The molecule has 0 N–H and O–H groups in total. The first-order chi connectivity index (χ1) is 10.9. The quantitative estimate of drug-likeness (QED) is 0.716. The van der Waals surface area contributed by atoms with E-state index in [9.17, 15) is 0 Å². The summed E-state index contributed by atoms with van der Waals surface area (Å²) in [7, 11) is 0. The number of benzene rings is 1. The summed E-state index contributed by atoms with van der Waals surface area (Å²) >= 11 is 18.3. The van der Waals surface area contributed by atoms with Gasteiger partial charge in [-0.25, -0.2) is 0 Å². The van der Waals surface area contributed by atoms with Gasteiger partial charge < -0.3 is 9.47 Å². The minimum Gasteiger partial charge on any atom is -0.479 e. The molecule has 1 aromatic heterocycles. The highest BCUT2D eigenvalue weighted by Gasteiger charge is 2.15. The van der Waals surface area contributed by atoms with E-state index in [0.29, 0.717) is 10.9 Å². The smallest absolute Gasteiger partial charge is 0.239 e. The van der Waals surface area contributed by atoms with Crippen molar-refractivity contribution in [2.24, 2.45) is 0 Å². The number of aromatic nitrogens is 2. The fourth-order valence-electron chi connectivity index (χ4n) is 1.76. The van der Waals surface area contributed by atoms with Crippen molar-refractivity contribution in [2.75, 3.05) is 6.61 Å². The topological polar surface area (TPSA) is 68.0 Å². The van der Waals surface area contributed by atoms with Gasteiger partial charge in [-0.3, -0.25) is 0 Å². The molecule has 0 saturated carbocycles. The van der Waals surface area contributed by atoms with Crippen LogP contribution >= 0.6 is 34.8 Å². The average molecular weight is 373 g/mol. The van der Waals surface area contributed by atoms with Gasteiger partial charge in [0.05, 0.1) is 10.0 Å². The third-order valence-electron chi connectivity index (χ3n) is 2.86. The van der Waals surface area contributed by atoms with Gasteiger partial charge in [-0.15, -0.1) is 10.2 Å². The standard InChI is InChI=1S/C15H12Cl3N3O2/c1-8(2)10-7-13(20-21-15(10)18)23-14-11(16)5-9(6-12(14)17)22-4-3-19/h5-8H,4H2,1-2H3. The second-order valence-electron chi connectivity index (χ2n) is 4.85. The summed E-state index contributed by atoms with van der Waals surface area (Å²) in [5.41, 5.74) is 0.804. The van der Waals surface area contributed by atoms with Crippen LogP contribution in [0.2, 0.25) is 15.2 Å². The summed E-state index contributed by atoms with van der Waals surface area (Å²) < 4.78 is 10.8. The molecule has 0 amide bonds. The molecule has 1 heterocycles. The second kappa shape index (κ2) is 7.69. The largest absolute Gasteiger partial charge is 0.479 e. The Balaban J connectivity index is 2.30. The highest BCUT2D eigenvalue weighted by atomic mass is 35.5. The van der Waals surface area contributed by atoms with Gasteiger partial charge in [0.15, 0.2) is 17.5 Å². The Morgan fingerprint density at radius 2 is 1.78 bits per heavy atom. The average Bonchev–Trinajstić information content (AvgIpc) is 2.50. The summed E-state index contributed by atoms with van der Waals surface area (Å²) in [5.74, 6) is 0.989. The van der Waals surface area contributed by atoms with Gasteiger partial charge >= 0.3 is 0 Å². The van der Waals surface area contributed by atoms with E-state index in [4.69, 9.17) is 49.5 Å². The maximum atomic E-state index is 8.52. The fraction of sp³-hybridized carbons (Fsp3) is 0.267. The van der Waals surface area contributed by atoms with Crippen LogP contribution in [0.25, 0.3) is 0 Å². The van der Waals surface area contributed by atoms with E-state index in [1.165, 1.54) is 12.1 Å². The molecule has 2 aromatic rings. The minimum atomic E-state index is -0.104. The fourth-order valence-corrected chi connectivity index (χ4v) is 2.62. The van der Waals surface area contributed by atoms with Gasteiger partial charge in [0.2, 0.25) is 5.88 Å². The molecule has 0 aliphatic carbocycles. The summed E-state index contributed by atoms with van der Waals surface area (Å²) in [6.45, 7) is 3.86. The molecule has 0 bridgehead atoms. The first-order valence-corrected chi connectivity index (χ1v) is 7.75. The number of halogens is 3. The van der Waals surface area contributed by atoms with E-state index in [1.807, 2.05) is 19.9 Å². The van der Waals surface area contributed by atoms with Crippen molar-refractivity contribution in [3.63, 3.8) is 0 Å². The number of nitriles is 1. The van der Waals surface area contributed by atoms with E-state index in [-0.39, 0.29) is 34.2 Å². The van der Waals surface area contributed by atoms with Crippen molar-refractivity contribution in [1.82, 2.24) is 10.2 Å². The van der Waals surface area contributed by atoms with Crippen molar-refractivity contribution in [3.8, 4) is 23.4 Å². The van der Waals surface area contributed by atoms with Crippen LogP contribution in [-0.2, 0) is 0 Å². The lowest BCUT2D eigenvalue weighted by atomic mass is 10.1. The van der Waals surface area contributed by atoms with Crippen LogP contribution in [0.4, 0.5) is 0 Å².